The number of nitrogens with zero attached hydrogens (tertiary/aromatic N) is 2. The van der Waals surface area contributed by atoms with Gasteiger partial charge >= 0.3 is 0 Å². The van der Waals surface area contributed by atoms with Crippen LogP contribution in [0.5, 0.6) is 0 Å². The third-order valence-corrected chi connectivity index (χ3v) is 13.0. The van der Waals surface area contributed by atoms with E-state index in [2.05, 4.69) is 80.6 Å². The molecule has 0 fully saturated rings. The molecule has 7 aromatic carbocycles. The number of rotatable bonds is 4. The van der Waals surface area contributed by atoms with Crippen LogP contribution in [-0.2, 0) is 9.98 Å². The average molecular weight is 623 g/mol. The fourth-order valence-electron chi connectivity index (χ4n) is 7.50. The summed E-state index contributed by atoms with van der Waals surface area (Å²) >= 11 is 0. The van der Waals surface area contributed by atoms with Gasteiger partial charge in [-0.3, -0.25) is 0 Å². The number of aromatic nitrogens is 2. The van der Waals surface area contributed by atoms with Crippen molar-refractivity contribution >= 4 is 55.9 Å². The molecule has 47 heavy (non-hydrogen) atoms. The quantitative estimate of drug-likeness (QED) is 0.112. The zero-order valence-corrected chi connectivity index (χ0v) is 27.1. The predicted octanol–water partition coefficient (Wildman–Crippen LogP) is 9.55. The second-order valence-corrected chi connectivity index (χ2v) is 15.7. The third-order valence-electron chi connectivity index (χ3n) is 9.92. The molecular weight excluding hydrogens is 591 g/mol. The Bertz CT molecular complexity index is 2530. The van der Waals surface area contributed by atoms with Crippen molar-refractivity contribution in [2.75, 3.05) is 0 Å². The minimum absolute atomic E-state index is 0.294. The van der Waals surface area contributed by atoms with Gasteiger partial charge in [-0.2, -0.15) is 0 Å². The van der Waals surface area contributed by atoms with E-state index < -0.39 is 7.14 Å². The normalized spacial score (nSPS) is 13.6. The van der Waals surface area contributed by atoms with Gasteiger partial charge in [-0.15, -0.1) is 0 Å². The smallest absolute Gasteiger partial charge is 0.171 e. The number of para-hydroxylation sites is 2. The standard InChI is InChI=1S/C43H31N2OP/c1-43(2)37-25-28(36-27-41-42(35-18-10-9-17-32(35)36)45-40-20-12-11-19-39(40)44-41)21-23-33(37)34-24-22-31(26-38(34)43)47(46,29-13-5-3-6-14-29)30-15-7-4-8-16-30/h3-27H,1-2H3. The summed E-state index contributed by atoms with van der Waals surface area (Å²) in [6, 6.07) is 51.9. The van der Waals surface area contributed by atoms with Crippen LogP contribution in [0.15, 0.2) is 152 Å². The topological polar surface area (TPSA) is 42.9 Å². The van der Waals surface area contributed by atoms with Gasteiger partial charge in [0, 0.05) is 26.7 Å². The lowest BCUT2D eigenvalue weighted by Gasteiger charge is -2.25. The van der Waals surface area contributed by atoms with Gasteiger partial charge in [0.05, 0.1) is 22.1 Å². The lowest BCUT2D eigenvalue weighted by molar-refractivity contribution is 0.592. The van der Waals surface area contributed by atoms with Gasteiger partial charge in [-0.05, 0) is 69.1 Å². The van der Waals surface area contributed by atoms with E-state index in [0.717, 1.165) is 59.9 Å². The summed E-state index contributed by atoms with van der Waals surface area (Å²) in [6.45, 7) is 4.58. The molecule has 1 aromatic heterocycles. The monoisotopic (exact) mass is 622 g/mol. The predicted molar refractivity (Wildman–Crippen MR) is 197 cm³/mol. The van der Waals surface area contributed by atoms with Crippen molar-refractivity contribution in [2.24, 2.45) is 0 Å². The van der Waals surface area contributed by atoms with Crippen LogP contribution in [-0.4, -0.2) is 9.97 Å². The summed E-state index contributed by atoms with van der Waals surface area (Å²) in [5.41, 5.74) is 10.5. The number of hydrogen-bond acceptors (Lipinski definition) is 3. The van der Waals surface area contributed by atoms with Gasteiger partial charge in [0.2, 0.25) is 0 Å². The van der Waals surface area contributed by atoms with E-state index in [1.807, 2.05) is 84.9 Å². The summed E-state index contributed by atoms with van der Waals surface area (Å²) < 4.78 is 15.2. The van der Waals surface area contributed by atoms with Gasteiger partial charge in [-0.1, -0.05) is 135 Å². The molecule has 3 nitrogen and oxygen atoms in total. The SMILES string of the molecule is CC1(C)c2cc(-c3cc4nc5ccccc5nc4c4ccccc34)ccc2-c2ccc(P(=O)(c3ccccc3)c3ccccc3)cc21. The van der Waals surface area contributed by atoms with Crippen molar-refractivity contribution in [2.45, 2.75) is 19.3 Å². The maximum atomic E-state index is 15.2. The molecule has 0 amide bonds. The van der Waals surface area contributed by atoms with E-state index in [1.54, 1.807) is 0 Å². The molecule has 0 bridgehead atoms. The molecule has 8 aromatic rings. The Morgan fingerprint density at radius 2 is 1.02 bits per heavy atom. The van der Waals surface area contributed by atoms with Gasteiger partial charge in [0.25, 0.3) is 0 Å². The molecule has 0 aliphatic heterocycles. The van der Waals surface area contributed by atoms with E-state index in [-0.39, 0.29) is 5.41 Å². The first-order chi connectivity index (χ1) is 22.9. The minimum atomic E-state index is -3.10. The van der Waals surface area contributed by atoms with Crippen LogP contribution in [0.25, 0.3) is 55.1 Å². The van der Waals surface area contributed by atoms with Crippen molar-refractivity contribution in [3.8, 4) is 22.3 Å². The highest BCUT2D eigenvalue weighted by Crippen LogP contribution is 2.52. The molecule has 9 rings (SSSR count). The Labute approximate surface area is 274 Å². The largest absolute Gasteiger partial charge is 0.309 e. The van der Waals surface area contributed by atoms with Crippen molar-refractivity contribution in [1.29, 1.82) is 0 Å². The van der Waals surface area contributed by atoms with Crippen LogP contribution >= 0.6 is 7.14 Å². The Kier molecular flexibility index (Phi) is 6.13. The molecule has 0 saturated carbocycles. The number of benzene rings is 7. The Morgan fingerprint density at radius 3 is 1.70 bits per heavy atom. The molecule has 0 spiro atoms. The molecule has 1 aliphatic rings. The van der Waals surface area contributed by atoms with Crippen LogP contribution in [0.2, 0.25) is 0 Å². The highest BCUT2D eigenvalue weighted by atomic mass is 31.2. The van der Waals surface area contributed by atoms with Crippen molar-refractivity contribution in [3.63, 3.8) is 0 Å². The molecule has 224 valence electrons. The molecule has 0 saturated heterocycles. The zero-order valence-electron chi connectivity index (χ0n) is 26.2. The van der Waals surface area contributed by atoms with Crippen LogP contribution in [0.4, 0.5) is 0 Å². The van der Waals surface area contributed by atoms with Crippen molar-refractivity contribution in [1.82, 2.24) is 9.97 Å². The van der Waals surface area contributed by atoms with Gasteiger partial charge in [0.1, 0.15) is 0 Å². The maximum absolute atomic E-state index is 15.2. The molecular formula is C43H31N2OP. The highest BCUT2D eigenvalue weighted by molar-refractivity contribution is 7.85. The zero-order chi connectivity index (χ0) is 31.8. The lowest BCUT2D eigenvalue weighted by atomic mass is 9.81. The second kappa shape index (κ2) is 10.3. The Morgan fingerprint density at radius 1 is 0.468 bits per heavy atom. The van der Waals surface area contributed by atoms with Crippen LogP contribution in [0, 0.1) is 0 Å². The minimum Gasteiger partial charge on any atom is -0.309 e. The van der Waals surface area contributed by atoms with E-state index in [4.69, 9.17) is 9.97 Å². The first-order valence-electron chi connectivity index (χ1n) is 16.0. The van der Waals surface area contributed by atoms with Crippen LogP contribution in [0.1, 0.15) is 25.0 Å². The van der Waals surface area contributed by atoms with Gasteiger partial charge in [0.15, 0.2) is 7.14 Å². The lowest BCUT2D eigenvalue weighted by Crippen LogP contribution is -2.26. The van der Waals surface area contributed by atoms with Crippen LogP contribution < -0.4 is 15.9 Å². The highest BCUT2D eigenvalue weighted by Gasteiger charge is 2.38. The summed E-state index contributed by atoms with van der Waals surface area (Å²) in [7, 11) is -3.10. The molecule has 1 aliphatic carbocycles. The van der Waals surface area contributed by atoms with Gasteiger partial charge in [-0.25, -0.2) is 9.97 Å². The maximum Gasteiger partial charge on any atom is 0.171 e. The first-order valence-corrected chi connectivity index (χ1v) is 17.7. The fraction of sp³-hybridized carbons (Fsp3) is 0.0698. The molecule has 0 unspecified atom stereocenters. The van der Waals surface area contributed by atoms with E-state index in [0.29, 0.717) is 0 Å². The molecule has 1 heterocycles. The molecule has 0 atom stereocenters. The van der Waals surface area contributed by atoms with E-state index in [9.17, 15) is 0 Å². The van der Waals surface area contributed by atoms with Crippen molar-refractivity contribution < 1.29 is 4.57 Å². The average Bonchev–Trinajstić information content (AvgIpc) is 3.35. The summed E-state index contributed by atoms with van der Waals surface area (Å²) in [4.78, 5) is 10.1. The molecule has 0 N–H and O–H groups in total. The molecule has 4 heteroatoms. The summed E-state index contributed by atoms with van der Waals surface area (Å²) in [5, 5.41) is 4.82. The number of hydrogen-bond donors (Lipinski definition) is 0. The van der Waals surface area contributed by atoms with E-state index in [1.165, 1.54) is 22.3 Å². The van der Waals surface area contributed by atoms with Crippen molar-refractivity contribution in [3.05, 3.63) is 163 Å². The fourth-order valence-corrected chi connectivity index (χ4v) is 10.2. The Balaban J connectivity index is 1.21. The summed E-state index contributed by atoms with van der Waals surface area (Å²) in [5.74, 6) is 0. The second-order valence-electron chi connectivity index (χ2n) is 12.9. The molecule has 0 radical (unpaired) electrons. The van der Waals surface area contributed by atoms with E-state index >= 15 is 4.57 Å². The van der Waals surface area contributed by atoms with Gasteiger partial charge < -0.3 is 4.57 Å². The third kappa shape index (κ3) is 4.17. The summed E-state index contributed by atoms with van der Waals surface area (Å²) in [6.07, 6.45) is 0. The first kappa shape index (κ1) is 27.9. The number of fused-ring (bicyclic) bond motifs is 7. The Hall–Kier alpha value is -5.37. The van der Waals surface area contributed by atoms with Crippen LogP contribution in [0.3, 0.4) is 0 Å².